The third-order valence-electron chi connectivity index (χ3n) is 5.53. The Morgan fingerprint density at radius 2 is 1.59 bits per heavy atom. The molecular weight excluding hydrogens is 408 g/mol. The number of nitro groups is 1. The van der Waals surface area contributed by atoms with E-state index in [2.05, 4.69) is 0 Å². The van der Waals surface area contributed by atoms with Gasteiger partial charge in [0.1, 0.15) is 5.92 Å². The van der Waals surface area contributed by atoms with Crippen LogP contribution in [0.2, 0.25) is 0 Å². The van der Waals surface area contributed by atoms with E-state index in [1.165, 1.54) is 17.0 Å². The van der Waals surface area contributed by atoms with Crippen molar-refractivity contribution >= 4 is 23.3 Å². The highest BCUT2D eigenvalue weighted by Gasteiger charge is 2.28. The van der Waals surface area contributed by atoms with E-state index in [1.54, 1.807) is 6.07 Å². The predicted octanol–water partition coefficient (Wildman–Crippen LogP) is 4.25. The Hall–Kier alpha value is -4.00. The zero-order valence-corrected chi connectivity index (χ0v) is 17.3. The van der Waals surface area contributed by atoms with Crippen molar-refractivity contribution in [3.8, 4) is 0 Å². The van der Waals surface area contributed by atoms with Gasteiger partial charge in [0.2, 0.25) is 0 Å². The minimum Gasteiger partial charge on any atom is -0.455 e. The number of rotatable bonds is 6. The first kappa shape index (κ1) is 21.2. The fraction of sp³-hybridized carbons (Fsp3) is 0.200. The van der Waals surface area contributed by atoms with Crippen molar-refractivity contribution in [2.45, 2.75) is 18.8 Å². The molecule has 0 radical (unpaired) electrons. The third kappa shape index (κ3) is 4.51. The molecule has 0 spiro atoms. The number of nitro benzene ring substituents is 1. The summed E-state index contributed by atoms with van der Waals surface area (Å²) in [6, 6.07) is 23.1. The van der Waals surface area contributed by atoms with Crippen LogP contribution < -0.4 is 4.90 Å². The van der Waals surface area contributed by atoms with Crippen LogP contribution in [0.3, 0.4) is 0 Å². The molecule has 32 heavy (non-hydrogen) atoms. The van der Waals surface area contributed by atoms with Gasteiger partial charge in [0.25, 0.3) is 11.6 Å². The van der Waals surface area contributed by atoms with Crippen LogP contribution in [0.15, 0.2) is 78.9 Å². The molecule has 7 heteroatoms. The van der Waals surface area contributed by atoms with E-state index in [1.807, 2.05) is 60.7 Å². The average molecular weight is 430 g/mol. The van der Waals surface area contributed by atoms with Crippen LogP contribution in [0.5, 0.6) is 0 Å². The maximum Gasteiger partial charge on any atom is 0.318 e. The Morgan fingerprint density at radius 3 is 2.19 bits per heavy atom. The van der Waals surface area contributed by atoms with Crippen molar-refractivity contribution in [1.82, 2.24) is 0 Å². The summed E-state index contributed by atoms with van der Waals surface area (Å²) in [4.78, 5) is 38.1. The Labute approximate surface area is 185 Å². The second kappa shape index (κ2) is 9.43. The van der Waals surface area contributed by atoms with Crippen LogP contribution in [0.25, 0.3) is 0 Å². The summed E-state index contributed by atoms with van der Waals surface area (Å²) in [6.45, 7) is 0.0768. The average Bonchev–Trinajstić information content (AvgIpc) is 2.83. The first-order valence-electron chi connectivity index (χ1n) is 10.4. The number of ether oxygens (including phenoxy) is 1. The molecule has 0 fully saturated rings. The van der Waals surface area contributed by atoms with Crippen molar-refractivity contribution in [3.05, 3.63) is 106 Å². The fourth-order valence-electron chi connectivity index (χ4n) is 4.01. The molecule has 0 N–H and O–H groups in total. The van der Waals surface area contributed by atoms with E-state index in [4.69, 9.17) is 4.74 Å². The summed E-state index contributed by atoms with van der Waals surface area (Å²) in [5.41, 5.74) is 2.94. The largest absolute Gasteiger partial charge is 0.455 e. The molecule has 7 nitrogen and oxygen atoms in total. The Kier molecular flexibility index (Phi) is 6.26. The maximum atomic E-state index is 13.0. The number of carbonyl (C=O) groups excluding carboxylic acids is 2. The topological polar surface area (TPSA) is 89.8 Å². The molecular formula is C25H22N2O5. The van der Waals surface area contributed by atoms with E-state index in [9.17, 15) is 19.7 Å². The summed E-state index contributed by atoms with van der Waals surface area (Å²) >= 11 is 0. The minimum atomic E-state index is -0.638. The van der Waals surface area contributed by atoms with Crippen molar-refractivity contribution in [2.24, 2.45) is 0 Å². The monoisotopic (exact) mass is 430 g/mol. The lowest BCUT2D eigenvalue weighted by atomic mass is 9.91. The molecule has 0 aliphatic carbocycles. The number of hydrogen-bond acceptors (Lipinski definition) is 5. The second-order valence-corrected chi connectivity index (χ2v) is 7.58. The number of non-ortho nitro benzene ring substituents is 1. The van der Waals surface area contributed by atoms with Gasteiger partial charge in [-0.15, -0.1) is 0 Å². The predicted molar refractivity (Wildman–Crippen MR) is 119 cm³/mol. The first-order chi connectivity index (χ1) is 15.5. The number of hydrogen-bond donors (Lipinski definition) is 0. The first-order valence-corrected chi connectivity index (χ1v) is 10.4. The van der Waals surface area contributed by atoms with Gasteiger partial charge in [0, 0.05) is 24.4 Å². The van der Waals surface area contributed by atoms with Crippen molar-refractivity contribution in [2.75, 3.05) is 18.1 Å². The Morgan fingerprint density at radius 1 is 0.969 bits per heavy atom. The van der Waals surface area contributed by atoms with Crippen LogP contribution in [0.1, 0.15) is 29.0 Å². The minimum absolute atomic E-state index is 0.00181. The van der Waals surface area contributed by atoms with Crippen molar-refractivity contribution in [1.29, 1.82) is 0 Å². The van der Waals surface area contributed by atoms with Crippen LogP contribution >= 0.6 is 0 Å². The van der Waals surface area contributed by atoms with Crippen molar-refractivity contribution < 1.29 is 19.2 Å². The molecule has 0 aromatic heterocycles. The van der Waals surface area contributed by atoms with Gasteiger partial charge in [-0.25, -0.2) is 0 Å². The molecule has 1 aliphatic rings. The Balaban J connectivity index is 1.50. The smallest absolute Gasteiger partial charge is 0.318 e. The van der Waals surface area contributed by atoms with Gasteiger partial charge in [0.05, 0.1) is 4.92 Å². The molecule has 0 saturated carbocycles. The lowest BCUT2D eigenvalue weighted by molar-refractivity contribution is -0.384. The molecule has 0 saturated heterocycles. The van der Waals surface area contributed by atoms with E-state index < -0.39 is 23.4 Å². The van der Waals surface area contributed by atoms with Gasteiger partial charge in [-0.3, -0.25) is 19.7 Å². The van der Waals surface area contributed by atoms with Gasteiger partial charge >= 0.3 is 5.97 Å². The number of aryl methyl sites for hydroxylation is 1. The summed E-state index contributed by atoms with van der Waals surface area (Å²) in [7, 11) is 0. The van der Waals surface area contributed by atoms with Gasteiger partial charge in [-0.2, -0.15) is 0 Å². The molecule has 3 aromatic rings. The number of benzene rings is 3. The van der Waals surface area contributed by atoms with E-state index in [-0.39, 0.29) is 11.6 Å². The van der Waals surface area contributed by atoms with Crippen LogP contribution in [0.4, 0.5) is 11.4 Å². The van der Waals surface area contributed by atoms with Crippen molar-refractivity contribution in [3.63, 3.8) is 0 Å². The number of amides is 1. The molecule has 1 heterocycles. The highest BCUT2D eigenvalue weighted by Crippen LogP contribution is 2.31. The van der Waals surface area contributed by atoms with E-state index in [0.717, 1.165) is 16.7 Å². The normalized spacial score (nSPS) is 12.8. The molecule has 3 aromatic carbocycles. The summed E-state index contributed by atoms with van der Waals surface area (Å²) < 4.78 is 5.47. The lowest BCUT2D eigenvalue weighted by Gasteiger charge is -2.29. The molecule has 1 aliphatic heterocycles. The fourth-order valence-corrected chi connectivity index (χ4v) is 4.01. The summed E-state index contributed by atoms with van der Waals surface area (Å²) in [5, 5.41) is 11.0. The summed E-state index contributed by atoms with van der Waals surface area (Å²) in [5.74, 6) is -1.49. The SMILES string of the molecule is O=C(OCC(=O)N1CCCc2cc([N+](=O)[O-])ccc21)C(c1ccccc1)c1ccccc1. The van der Waals surface area contributed by atoms with E-state index >= 15 is 0 Å². The molecule has 0 atom stereocenters. The zero-order chi connectivity index (χ0) is 22.5. The maximum absolute atomic E-state index is 13.0. The van der Waals surface area contributed by atoms with E-state index in [0.29, 0.717) is 25.1 Å². The quantitative estimate of drug-likeness (QED) is 0.331. The number of anilines is 1. The van der Waals surface area contributed by atoms with Crippen LogP contribution in [-0.2, 0) is 20.7 Å². The molecule has 4 rings (SSSR count). The second-order valence-electron chi connectivity index (χ2n) is 7.58. The number of esters is 1. The number of nitrogens with zero attached hydrogens (tertiary/aromatic N) is 2. The van der Waals surface area contributed by atoms with Crippen LogP contribution in [-0.4, -0.2) is 30.0 Å². The molecule has 0 bridgehead atoms. The Bertz CT molecular complexity index is 1090. The highest BCUT2D eigenvalue weighted by molar-refractivity contribution is 5.97. The summed E-state index contributed by atoms with van der Waals surface area (Å²) in [6.07, 6.45) is 1.34. The van der Waals surface area contributed by atoms with Gasteiger partial charge < -0.3 is 9.64 Å². The molecule has 1 amide bonds. The van der Waals surface area contributed by atoms with Gasteiger partial charge in [-0.1, -0.05) is 60.7 Å². The lowest BCUT2D eigenvalue weighted by Crippen LogP contribution is -2.38. The highest BCUT2D eigenvalue weighted by atomic mass is 16.6. The zero-order valence-electron chi connectivity index (χ0n) is 17.3. The number of carbonyl (C=O) groups is 2. The standard InChI is InChI=1S/C25H22N2O5/c28-23(26-15-7-12-20-16-21(27(30)31)13-14-22(20)26)17-32-25(29)24(18-8-3-1-4-9-18)19-10-5-2-6-11-19/h1-6,8-11,13-14,16,24H,7,12,15,17H2. The molecule has 162 valence electrons. The third-order valence-corrected chi connectivity index (χ3v) is 5.53. The van der Waals surface area contributed by atoms with Gasteiger partial charge in [-0.05, 0) is 35.6 Å². The van der Waals surface area contributed by atoms with Crippen LogP contribution in [0, 0.1) is 10.1 Å². The molecule has 0 unspecified atom stereocenters. The van der Waals surface area contributed by atoms with Gasteiger partial charge in [0.15, 0.2) is 6.61 Å². The number of fused-ring (bicyclic) bond motifs is 1.